The molecule has 4 nitrogen and oxygen atoms in total. The topological polar surface area (TPSA) is 49.0 Å². The molecule has 1 saturated heterocycles. The van der Waals surface area contributed by atoms with Crippen molar-refractivity contribution in [2.45, 2.75) is 39.2 Å². The zero-order chi connectivity index (χ0) is 17.3. The molecule has 0 aliphatic carbocycles. The maximum Gasteiger partial charge on any atom is 0.254 e. The van der Waals surface area contributed by atoms with E-state index >= 15 is 0 Å². The quantitative estimate of drug-likeness (QED) is 0.939. The predicted octanol–water partition coefficient (Wildman–Crippen LogP) is 3.04. The van der Waals surface area contributed by atoms with E-state index in [1.807, 2.05) is 6.92 Å². The van der Waals surface area contributed by atoms with Crippen molar-refractivity contribution in [2.75, 3.05) is 13.1 Å². The highest BCUT2D eigenvalue weighted by molar-refractivity contribution is 5.19. The Balaban J connectivity index is 1.74. The van der Waals surface area contributed by atoms with Crippen molar-refractivity contribution in [3.05, 3.63) is 62.8 Å². The molecule has 128 valence electrons. The van der Waals surface area contributed by atoms with Gasteiger partial charge in [-0.1, -0.05) is 6.07 Å². The molecule has 1 aromatic carbocycles. The fourth-order valence-electron chi connectivity index (χ4n) is 3.18. The molecule has 1 fully saturated rings. The number of rotatable bonds is 3. The van der Waals surface area contributed by atoms with Gasteiger partial charge in [0.15, 0.2) is 11.6 Å². The summed E-state index contributed by atoms with van der Waals surface area (Å²) in [6, 6.07) is 4.02. The standard InChI is InChI=1S/C18H21F2N3O/c1-11-12(2)21-17(22-18(11)24)14-4-3-7-23(10-14)9-13-5-6-15(19)16(20)8-13/h5-6,8,14H,3-4,7,9-10H2,1-2H3,(H,21,22,24). The summed E-state index contributed by atoms with van der Waals surface area (Å²) in [5.74, 6) is -0.775. The van der Waals surface area contributed by atoms with Crippen molar-refractivity contribution < 1.29 is 8.78 Å². The number of hydrogen-bond acceptors (Lipinski definition) is 3. The molecule has 0 radical (unpaired) electrons. The molecular weight excluding hydrogens is 312 g/mol. The number of piperidine rings is 1. The van der Waals surface area contributed by atoms with E-state index < -0.39 is 11.6 Å². The number of halogens is 2. The Kier molecular flexibility index (Phi) is 4.76. The third kappa shape index (κ3) is 3.53. The zero-order valence-corrected chi connectivity index (χ0v) is 13.9. The van der Waals surface area contributed by atoms with Crippen LogP contribution in [0, 0.1) is 25.5 Å². The summed E-state index contributed by atoms with van der Waals surface area (Å²) in [4.78, 5) is 21.6. The van der Waals surface area contributed by atoms with Crippen LogP contribution in [-0.4, -0.2) is 28.0 Å². The second-order valence-electron chi connectivity index (χ2n) is 6.48. The normalized spacial score (nSPS) is 18.8. The third-order valence-corrected chi connectivity index (χ3v) is 4.70. The van der Waals surface area contributed by atoms with Gasteiger partial charge >= 0.3 is 0 Å². The highest BCUT2D eigenvalue weighted by Crippen LogP contribution is 2.25. The summed E-state index contributed by atoms with van der Waals surface area (Å²) in [5.41, 5.74) is 2.06. The largest absolute Gasteiger partial charge is 0.310 e. The number of nitrogens with zero attached hydrogens (tertiary/aromatic N) is 2. The van der Waals surface area contributed by atoms with Crippen LogP contribution in [-0.2, 0) is 6.54 Å². The average Bonchev–Trinajstić information content (AvgIpc) is 2.56. The molecule has 3 rings (SSSR count). The van der Waals surface area contributed by atoms with Crippen LogP contribution in [0.15, 0.2) is 23.0 Å². The maximum absolute atomic E-state index is 13.4. The van der Waals surface area contributed by atoms with Crippen LogP contribution in [0.2, 0.25) is 0 Å². The average molecular weight is 333 g/mol. The Labute approximate surface area is 139 Å². The molecule has 1 N–H and O–H groups in total. The minimum absolute atomic E-state index is 0.0878. The minimum Gasteiger partial charge on any atom is -0.310 e. The van der Waals surface area contributed by atoms with Gasteiger partial charge in [0.1, 0.15) is 5.82 Å². The van der Waals surface area contributed by atoms with Gasteiger partial charge in [-0.15, -0.1) is 0 Å². The van der Waals surface area contributed by atoms with Gasteiger partial charge in [0.25, 0.3) is 5.56 Å². The van der Waals surface area contributed by atoms with Crippen LogP contribution >= 0.6 is 0 Å². The van der Waals surface area contributed by atoms with Gasteiger partial charge in [-0.25, -0.2) is 13.8 Å². The number of aromatic amines is 1. The highest BCUT2D eigenvalue weighted by Gasteiger charge is 2.24. The Bertz CT molecular complexity index is 803. The van der Waals surface area contributed by atoms with Crippen LogP contribution in [0.3, 0.4) is 0 Å². The number of aryl methyl sites for hydroxylation is 1. The molecule has 6 heteroatoms. The second kappa shape index (κ2) is 6.81. The third-order valence-electron chi connectivity index (χ3n) is 4.70. The van der Waals surface area contributed by atoms with Gasteiger partial charge in [-0.05, 0) is 50.9 Å². The molecule has 2 heterocycles. The molecule has 2 aromatic rings. The van der Waals surface area contributed by atoms with Gasteiger partial charge in [-0.2, -0.15) is 0 Å². The second-order valence-corrected chi connectivity index (χ2v) is 6.48. The summed E-state index contributed by atoms with van der Waals surface area (Å²) < 4.78 is 26.4. The first-order valence-electron chi connectivity index (χ1n) is 8.17. The van der Waals surface area contributed by atoms with E-state index in [1.165, 1.54) is 6.07 Å². The molecule has 1 aromatic heterocycles. The number of H-pyrrole nitrogens is 1. The summed E-state index contributed by atoms with van der Waals surface area (Å²) in [7, 11) is 0. The Hall–Kier alpha value is -2.08. The SMILES string of the molecule is Cc1nc(C2CCCN(Cc3ccc(F)c(F)c3)C2)[nH]c(=O)c1C. The summed E-state index contributed by atoms with van der Waals surface area (Å²) >= 11 is 0. The lowest BCUT2D eigenvalue weighted by atomic mass is 9.96. The molecule has 1 aliphatic rings. The van der Waals surface area contributed by atoms with Gasteiger partial charge < -0.3 is 4.98 Å². The monoisotopic (exact) mass is 333 g/mol. The summed E-state index contributed by atoms with van der Waals surface area (Å²) in [6.45, 7) is 5.80. The highest BCUT2D eigenvalue weighted by atomic mass is 19.2. The molecule has 1 aliphatic heterocycles. The van der Waals surface area contributed by atoms with Crippen molar-refractivity contribution in [1.82, 2.24) is 14.9 Å². The molecule has 0 spiro atoms. The van der Waals surface area contributed by atoms with Gasteiger partial charge in [0, 0.05) is 30.3 Å². The summed E-state index contributed by atoms with van der Waals surface area (Å²) in [6.07, 6.45) is 1.94. The van der Waals surface area contributed by atoms with Crippen molar-refractivity contribution >= 4 is 0 Å². The van der Waals surface area contributed by atoms with Crippen molar-refractivity contribution in [3.63, 3.8) is 0 Å². The first kappa shape index (κ1) is 16.8. The molecular formula is C18H21F2N3O. The number of hydrogen-bond donors (Lipinski definition) is 1. The Morgan fingerprint density at radius 2 is 2.08 bits per heavy atom. The first-order valence-corrected chi connectivity index (χ1v) is 8.17. The number of likely N-dealkylation sites (tertiary alicyclic amines) is 1. The minimum atomic E-state index is -0.827. The van der Waals surface area contributed by atoms with Crippen molar-refractivity contribution in [2.24, 2.45) is 0 Å². The van der Waals surface area contributed by atoms with E-state index in [1.54, 1.807) is 13.0 Å². The lowest BCUT2D eigenvalue weighted by Gasteiger charge is -2.32. The number of nitrogens with one attached hydrogen (secondary N) is 1. The molecule has 0 saturated carbocycles. The van der Waals surface area contributed by atoms with E-state index in [9.17, 15) is 13.6 Å². The van der Waals surface area contributed by atoms with Crippen LogP contribution in [0.1, 0.15) is 41.4 Å². The van der Waals surface area contributed by atoms with Crippen molar-refractivity contribution in [1.29, 1.82) is 0 Å². The maximum atomic E-state index is 13.4. The van der Waals surface area contributed by atoms with Crippen molar-refractivity contribution in [3.8, 4) is 0 Å². The van der Waals surface area contributed by atoms with Gasteiger partial charge in [0.05, 0.1) is 0 Å². The van der Waals surface area contributed by atoms with E-state index in [0.29, 0.717) is 12.1 Å². The lowest BCUT2D eigenvalue weighted by molar-refractivity contribution is 0.196. The van der Waals surface area contributed by atoms with E-state index in [4.69, 9.17) is 0 Å². The lowest BCUT2D eigenvalue weighted by Crippen LogP contribution is -2.35. The van der Waals surface area contributed by atoms with E-state index in [-0.39, 0.29) is 11.5 Å². The Morgan fingerprint density at radius 3 is 2.79 bits per heavy atom. The number of aromatic nitrogens is 2. The molecule has 0 bridgehead atoms. The fraction of sp³-hybridized carbons (Fsp3) is 0.444. The first-order chi connectivity index (χ1) is 11.4. The van der Waals surface area contributed by atoms with Crippen LogP contribution < -0.4 is 5.56 Å². The zero-order valence-electron chi connectivity index (χ0n) is 13.9. The summed E-state index contributed by atoms with van der Waals surface area (Å²) in [5, 5.41) is 0. The molecule has 1 atom stereocenters. The fourth-order valence-corrected chi connectivity index (χ4v) is 3.18. The smallest absolute Gasteiger partial charge is 0.254 e. The predicted molar refractivity (Wildman–Crippen MR) is 87.9 cm³/mol. The van der Waals surface area contributed by atoms with E-state index in [2.05, 4.69) is 14.9 Å². The van der Waals surface area contributed by atoms with Crippen LogP contribution in [0.5, 0.6) is 0 Å². The van der Waals surface area contributed by atoms with Crippen LogP contribution in [0.4, 0.5) is 8.78 Å². The number of benzene rings is 1. The molecule has 1 unspecified atom stereocenters. The molecule has 0 amide bonds. The van der Waals surface area contributed by atoms with Crippen LogP contribution in [0.25, 0.3) is 0 Å². The molecule has 24 heavy (non-hydrogen) atoms. The van der Waals surface area contributed by atoms with Gasteiger partial charge in [-0.3, -0.25) is 9.69 Å². The van der Waals surface area contributed by atoms with E-state index in [0.717, 1.165) is 49.1 Å². The van der Waals surface area contributed by atoms with Gasteiger partial charge in [0.2, 0.25) is 0 Å². The Morgan fingerprint density at radius 1 is 1.29 bits per heavy atom.